The maximum Gasteiger partial charge on any atom is 0.120 e. The van der Waals surface area contributed by atoms with Gasteiger partial charge in [0, 0.05) is 5.56 Å². The van der Waals surface area contributed by atoms with Gasteiger partial charge < -0.3 is 5.11 Å². The molecule has 0 spiro atoms. The molecular weight excluding hydrogens is 154 g/mol. The topological polar surface area (TPSA) is 41.5 Å². The number of phenolic OH excluding ortho intramolecular Hbond substituents is 1. The molecule has 0 aliphatic heterocycles. The minimum atomic E-state index is 0.278. The molecule has 66 valence electrons. The molecule has 0 radical (unpaired) electrons. The van der Waals surface area contributed by atoms with E-state index in [1.54, 1.807) is 12.1 Å². The molecule has 0 heterocycles. The smallest absolute Gasteiger partial charge is 0.120 e. The Balaban J connectivity index is 2.78. The van der Waals surface area contributed by atoms with Crippen LogP contribution in [0.15, 0.2) is 18.2 Å². The predicted octanol–water partition coefficient (Wildman–Crippen LogP) is 2.06. The zero-order valence-corrected chi connectivity index (χ0v) is 7.29. The fraction of sp³-hybridized carbons (Fsp3) is 0.333. The molecule has 3 heteroatoms. The van der Waals surface area contributed by atoms with Gasteiger partial charge in [-0.15, -0.1) is 0 Å². The van der Waals surface area contributed by atoms with Gasteiger partial charge >= 0.3 is 0 Å². The standard InChI is InChI=1S/C9H13NO2/c1-3-12-10-8-5-4-6-9(11)7(8)2/h4-6,10-11H,3H2,1-2H3. The third-order valence-corrected chi connectivity index (χ3v) is 1.63. The fourth-order valence-electron chi connectivity index (χ4n) is 0.884. The van der Waals surface area contributed by atoms with Crippen LogP contribution in [-0.2, 0) is 4.84 Å². The van der Waals surface area contributed by atoms with E-state index in [1.165, 1.54) is 0 Å². The van der Waals surface area contributed by atoms with Crippen molar-refractivity contribution in [2.24, 2.45) is 0 Å². The monoisotopic (exact) mass is 167 g/mol. The van der Waals surface area contributed by atoms with Gasteiger partial charge in [0.25, 0.3) is 0 Å². The molecule has 12 heavy (non-hydrogen) atoms. The summed E-state index contributed by atoms with van der Waals surface area (Å²) < 4.78 is 0. The van der Waals surface area contributed by atoms with Crippen LogP contribution in [-0.4, -0.2) is 11.7 Å². The van der Waals surface area contributed by atoms with E-state index in [4.69, 9.17) is 4.84 Å². The van der Waals surface area contributed by atoms with Gasteiger partial charge in [0.2, 0.25) is 0 Å². The molecule has 0 atom stereocenters. The zero-order chi connectivity index (χ0) is 8.97. The average molecular weight is 167 g/mol. The highest BCUT2D eigenvalue weighted by molar-refractivity contribution is 5.54. The summed E-state index contributed by atoms with van der Waals surface area (Å²) >= 11 is 0. The van der Waals surface area contributed by atoms with Gasteiger partial charge in [0.15, 0.2) is 0 Å². The summed E-state index contributed by atoms with van der Waals surface area (Å²) in [6.45, 7) is 4.32. The molecule has 0 aliphatic rings. The maximum absolute atomic E-state index is 9.30. The Morgan fingerprint density at radius 1 is 1.50 bits per heavy atom. The third kappa shape index (κ3) is 1.89. The molecule has 0 saturated carbocycles. The normalized spacial score (nSPS) is 9.83. The van der Waals surface area contributed by atoms with Crippen LogP contribution in [0.25, 0.3) is 0 Å². The lowest BCUT2D eigenvalue weighted by Gasteiger charge is -2.08. The van der Waals surface area contributed by atoms with E-state index in [0.717, 1.165) is 11.3 Å². The molecule has 2 N–H and O–H groups in total. The molecule has 1 aromatic rings. The van der Waals surface area contributed by atoms with Crippen LogP contribution in [0.1, 0.15) is 12.5 Å². The van der Waals surface area contributed by atoms with Crippen LogP contribution in [0.5, 0.6) is 5.75 Å². The van der Waals surface area contributed by atoms with Crippen molar-refractivity contribution in [1.29, 1.82) is 0 Å². The van der Waals surface area contributed by atoms with E-state index in [1.807, 2.05) is 19.9 Å². The van der Waals surface area contributed by atoms with Gasteiger partial charge in [-0.25, -0.2) is 0 Å². The van der Waals surface area contributed by atoms with Crippen LogP contribution in [0.3, 0.4) is 0 Å². The number of anilines is 1. The molecule has 0 saturated heterocycles. The lowest BCUT2D eigenvalue weighted by molar-refractivity contribution is 0.210. The van der Waals surface area contributed by atoms with Crippen LogP contribution in [0.4, 0.5) is 5.69 Å². The van der Waals surface area contributed by atoms with E-state index in [2.05, 4.69) is 5.48 Å². The first-order valence-electron chi connectivity index (χ1n) is 3.92. The zero-order valence-electron chi connectivity index (χ0n) is 7.29. The van der Waals surface area contributed by atoms with Gasteiger partial charge in [0.1, 0.15) is 5.75 Å². The second-order valence-electron chi connectivity index (χ2n) is 2.48. The first kappa shape index (κ1) is 8.87. The van der Waals surface area contributed by atoms with Crippen LogP contribution in [0.2, 0.25) is 0 Å². The number of hydrogen-bond donors (Lipinski definition) is 2. The predicted molar refractivity (Wildman–Crippen MR) is 48.1 cm³/mol. The van der Waals surface area contributed by atoms with Crippen molar-refractivity contribution < 1.29 is 9.94 Å². The molecule has 3 nitrogen and oxygen atoms in total. The first-order chi connectivity index (χ1) is 5.75. The molecule has 0 unspecified atom stereocenters. The van der Waals surface area contributed by atoms with E-state index >= 15 is 0 Å². The van der Waals surface area contributed by atoms with E-state index in [9.17, 15) is 5.11 Å². The molecule has 0 fully saturated rings. The largest absolute Gasteiger partial charge is 0.508 e. The molecule has 0 aliphatic carbocycles. The molecule has 1 rings (SSSR count). The van der Waals surface area contributed by atoms with Crippen molar-refractivity contribution in [2.45, 2.75) is 13.8 Å². The number of benzene rings is 1. The highest BCUT2D eigenvalue weighted by Gasteiger charge is 2.00. The van der Waals surface area contributed by atoms with Gasteiger partial charge in [-0.05, 0) is 26.0 Å². The number of aromatic hydroxyl groups is 1. The Morgan fingerprint density at radius 2 is 2.25 bits per heavy atom. The number of rotatable bonds is 3. The molecule has 0 amide bonds. The van der Waals surface area contributed by atoms with Crippen molar-refractivity contribution in [2.75, 3.05) is 12.1 Å². The van der Waals surface area contributed by atoms with Crippen molar-refractivity contribution >= 4 is 5.69 Å². The van der Waals surface area contributed by atoms with Gasteiger partial charge in [-0.3, -0.25) is 10.3 Å². The summed E-state index contributed by atoms with van der Waals surface area (Å²) in [7, 11) is 0. The summed E-state index contributed by atoms with van der Waals surface area (Å²) in [6, 6.07) is 5.26. The van der Waals surface area contributed by atoms with E-state index in [0.29, 0.717) is 6.61 Å². The lowest BCUT2D eigenvalue weighted by atomic mass is 10.2. The first-order valence-corrected chi connectivity index (χ1v) is 3.92. The summed E-state index contributed by atoms with van der Waals surface area (Å²) in [5, 5.41) is 9.30. The van der Waals surface area contributed by atoms with Crippen molar-refractivity contribution in [3.63, 3.8) is 0 Å². The Kier molecular flexibility index (Phi) is 2.94. The van der Waals surface area contributed by atoms with Gasteiger partial charge in [-0.1, -0.05) is 6.07 Å². The van der Waals surface area contributed by atoms with Gasteiger partial charge in [0.05, 0.1) is 12.3 Å². The second kappa shape index (κ2) is 3.97. The molecule has 0 aromatic heterocycles. The molecule has 0 bridgehead atoms. The van der Waals surface area contributed by atoms with E-state index < -0.39 is 0 Å². The highest BCUT2D eigenvalue weighted by Crippen LogP contribution is 2.23. The van der Waals surface area contributed by atoms with Crippen molar-refractivity contribution in [3.05, 3.63) is 23.8 Å². The van der Waals surface area contributed by atoms with Crippen molar-refractivity contribution in [3.8, 4) is 5.75 Å². The number of hydrogen-bond acceptors (Lipinski definition) is 3. The Labute approximate surface area is 71.9 Å². The van der Waals surface area contributed by atoms with Crippen molar-refractivity contribution in [1.82, 2.24) is 0 Å². The Hall–Kier alpha value is -1.22. The van der Waals surface area contributed by atoms with Crippen LogP contribution >= 0.6 is 0 Å². The van der Waals surface area contributed by atoms with Crippen LogP contribution in [0, 0.1) is 6.92 Å². The minimum absolute atomic E-state index is 0.278. The van der Waals surface area contributed by atoms with Gasteiger partial charge in [-0.2, -0.15) is 0 Å². The van der Waals surface area contributed by atoms with Crippen LogP contribution < -0.4 is 5.48 Å². The average Bonchev–Trinajstić information content (AvgIpc) is 2.08. The SMILES string of the molecule is CCONc1cccc(O)c1C. The summed E-state index contributed by atoms with van der Waals surface area (Å²) in [4.78, 5) is 4.99. The quantitative estimate of drug-likeness (QED) is 0.677. The maximum atomic E-state index is 9.30. The molecule has 1 aromatic carbocycles. The summed E-state index contributed by atoms with van der Waals surface area (Å²) in [5.41, 5.74) is 4.34. The Bertz CT molecular complexity index is 261. The highest BCUT2D eigenvalue weighted by atomic mass is 16.6. The van der Waals surface area contributed by atoms with E-state index in [-0.39, 0.29) is 5.75 Å². The number of phenols is 1. The summed E-state index contributed by atoms with van der Waals surface area (Å²) in [6.07, 6.45) is 0. The molecular formula is C9H13NO2. The minimum Gasteiger partial charge on any atom is -0.508 e. The Morgan fingerprint density at radius 3 is 2.92 bits per heavy atom. The third-order valence-electron chi connectivity index (χ3n) is 1.63. The number of nitrogens with one attached hydrogen (secondary N) is 1. The summed E-state index contributed by atoms with van der Waals surface area (Å²) in [5.74, 6) is 0.278. The second-order valence-corrected chi connectivity index (χ2v) is 2.48. The lowest BCUT2D eigenvalue weighted by Crippen LogP contribution is -2.01. The fourth-order valence-corrected chi connectivity index (χ4v) is 0.884.